The molecule has 1 atom stereocenters. The predicted octanol–water partition coefficient (Wildman–Crippen LogP) is 4.43. The van der Waals surface area contributed by atoms with Crippen LogP contribution in [0, 0.1) is 5.92 Å². The van der Waals surface area contributed by atoms with E-state index in [1.165, 1.54) is 5.56 Å². The van der Waals surface area contributed by atoms with Crippen molar-refractivity contribution in [3.8, 4) is 5.75 Å². The highest BCUT2D eigenvalue weighted by Crippen LogP contribution is 2.19. The molecule has 0 saturated carbocycles. The van der Waals surface area contributed by atoms with E-state index < -0.39 is 6.10 Å². The highest BCUT2D eigenvalue weighted by Gasteiger charge is 2.21. The Balaban J connectivity index is 2.08. The standard InChI is InChI=1S/C23H30N2O3/c1-5-17-11-13-18(14-12-17)28-21(6-2)23(27)25-20-10-8-7-9-19(20)22(26)24-15-16(3)4/h7-14,16,21H,5-6,15H2,1-4H3,(H,24,26)(H,25,27). The lowest BCUT2D eigenvalue weighted by molar-refractivity contribution is -0.122. The number of hydrogen-bond donors (Lipinski definition) is 2. The normalized spacial score (nSPS) is 11.8. The first-order valence-electron chi connectivity index (χ1n) is 9.88. The van der Waals surface area contributed by atoms with Gasteiger partial charge in [-0.05, 0) is 48.6 Å². The van der Waals surface area contributed by atoms with Crippen molar-refractivity contribution in [2.24, 2.45) is 5.92 Å². The first-order chi connectivity index (χ1) is 13.4. The maximum atomic E-state index is 12.7. The lowest BCUT2D eigenvalue weighted by Crippen LogP contribution is -2.34. The monoisotopic (exact) mass is 382 g/mol. The van der Waals surface area contributed by atoms with Crippen molar-refractivity contribution in [2.45, 2.75) is 46.6 Å². The smallest absolute Gasteiger partial charge is 0.265 e. The molecule has 0 aliphatic heterocycles. The Morgan fingerprint density at radius 3 is 2.29 bits per heavy atom. The Kier molecular flexibility index (Phi) is 8.05. The Labute approximate surface area is 167 Å². The first kappa shape index (κ1) is 21.5. The molecule has 1 unspecified atom stereocenters. The number of aryl methyl sites for hydroxylation is 1. The topological polar surface area (TPSA) is 67.4 Å². The van der Waals surface area contributed by atoms with Gasteiger partial charge in [0, 0.05) is 6.54 Å². The molecule has 0 saturated heterocycles. The first-order valence-corrected chi connectivity index (χ1v) is 9.88. The van der Waals surface area contributed by atoms with Gasteiger partial charge in [-0.1, -0.05) is 52.0 Å². The summed E-state index contributed by atoms with van der Waals surface area (Å²) in [4.78, 5) is 25.2. The van der Waals surface area contributed by atoms with Gasteiger partial charge in [-0.25, -0.2) is 0 Å². The van der Waals surface area contributed by atoms with Crippen LogP contribution >= 0.6 is 0 Å². The zero-order valence-corrected chi connectivity index (χ0v) is 17.1. The van der Waals surface area contributed by atoms with E-state index in [1.54, 1.807) is 24.3 Å². The summed E-state index contributed by atoms with van der Waals surface area (Å²) in [5, 5.41) is 5.73. The minimum atomic E-state index is -0.640. The van der Waals surface area contributed by atoms with E-state index in [9.17, 15) is 9.59 Å². The van der Waals surface area contributed by atoms with Crippen LogP contribution in [-0.4, -0.2) is 24.5 Å². The summed E-state index contributed by atoms with van der Waals surface area (Å²) in [5.74, 6) is 0.532. The highest BCUT2D eigenvalue weighted by atomic mass is 16.5. The number of para-hydroxylation sites is 1. The van der Waals surface area contributed by atoms with Crippen LogP contribution in [0.3, 0.4) is 0 Å². The SMILES string of the molecule is CCc1ccc(OC(CC)C(=O)Nc2ccccc2C(=O)NCC(C)C)cc1. The molecule has 2 aromatic carbocycles. The van der Waals surface area contributed by atoms with E-state index in [0.29, 0.717) is 35.9 Å². The predicted molar refractivity (Wildman–Crippen MR) is 113 cm³/mol. The Morgan fingerprint density at radius 1 is 1.00 bits per heavy atom. The van der Waals surface area contributed by atoms with Crippen molar-refractivity contribution in [3.63, 3.8) is 0 Å². The minimum Gasteiger partial charge on any atom is -0.481 e. The van der Waals surface area contributed by atoms with Gasteiger partial charge in [0.05, 0.1) is 11.3 Å². The summed E-state index contributed by atoms with van der Waals surface area (Å²) in [7, 11) is 0. The third-order valence-corrected chi connectivity index (χ3v) is 4.37. The molecule has 0 radical (unpaired) electrons. The second kappa shape index (κ2) is 10.5. The molecule has 0 heterocycles. The molecule has 5 nitrogen and oxygen atoms in total. The highest BCUT2D eigenvalue weighted by molar-refractivity contribution is 6.04. The molecule has 5 heteroatoms. The molecular weight excluding hydrogens is 352 g/mol. The fourth-order valence-corrected chi connectivity index (χ4v) is 2.69. The fourth-order valence-electron chi connectivity index (χ4n) is 2.69. The third-order valence-electron chi connectivity index (χ3n) is 4.37. The van der Waals surface area contributed by atoms with Gasteiger partial charge < -0.3 is 15.4 Å². The molecule has 2 amide bonds. The summed E-state index contributed by atoms with van der Waals surface area (Å²) in [5.41, 5.74) is 2.14. The maximum absolute atomic E-state index is 12.7. The second-order valence-corrected chi connectivity index (χ2v) is 7.15. The van der Waals surface area contributed by atoms with Gasteiger partial charge >= 0.3 is 0 Å². The number of hydrogen-bond acceptors (Lipinski definition) is 3. The van der Waals surface area contributed by atoms with Crippen LogP contribution in [-0.2, 0) is 11.2 Å². The molecule has 0 bridgehead atoms. The van der Waals surface area contributed by atoms with Gasteiger partial charge in [0.15, 0.2) is 6.10 Å². The number of ether oxygens (including phenoxy) is 1. The van der Waals surface area contributed by atoms with Crippen molar-refractivity contribution in [1.82, 2.24) is 5.32 Å². The Morgan fingerprint density at radius 2 is 1.68 bits per heavy atom. The zero-order valence-electron chi connectivity index (χ0n) is 17.1. The lowest BCUT2D eigenvalue weighted by atomic mass is 10.1. The molecule has 2 aromatic rings. The van der Waals surface area contributed by atoms with E-state index in [2.05, 4.69) is 17.6 Å². The number of nitrogens with one attached hydrogen (secondary N) is 2. The van der Waals surface area contributed by atoms with E-state index in [0.717, 1.165) is 6.42 Å². The van der Waals surface area contributed by atoms with Gasteiger partial charge in [-0.2, -0.15) is 0 Å². The summed E-state index contributed by atoms with van der Waals surface area (Å²) in [6.07, 6.45) is 0.829. The number of anilines is 1. The molecule has 0 aliphatic rings. The fraction of sp³-hybridized carbons (Fsp3) is 0.391. The van der Waals surface area contributed by atoms with Crippen molar-refractivity contribution >= 4 is 17.5 Å². The van der Waals surface area contributed by atoms with E-state index in [4.69, 9.17) is 4.74 Å². The summed E-state index contributed by atoms with van der Waals surface area (Å²) < 4.78 is 5.86. The number of carbonyl (C=O) groups is 2. The average molecular weight is 383 g/mol. The van der Waals surface area contributed by atoms with Crippen LogP contribution in [0.2, 0.25) is 0 Å². The average Bonchev–Trinajstić information content (AvgIpc) is 2.70. The molecule has 150 valence electrons. The van der Waals surface area contributed by atoms with Crippen LogP contribution in [0.25, 0.3) is 0 Å². The van der Waals surface area contributed by atoms with Gasteiger partial charge in [0.2, 0.25) is 0 Å². The van der Waals surface area contributed by atoms with Crippen LogP contribution in [0.5, 0.6) is 5.75 Å². The van der Waals surface area contributed by atoms with E-state index in [1.807, 2.05) is 45.0 Å². The van der Waals surface area contributed by atoms with Gasteiger partial charge in [0.25, 0.3) is 11.8 Å². The molecule has 2 N–H and O–H groups in total. The van der Waals surface area contributed by atoms with E-state index in [-0.39, 0.29) is 11.8 Å². The molecular formula is C23H30N2O3. The molecule has 0 spiro atoms. The van der Waals surface area contributed by atoms with E-state index >= 15 is 0 Å². The number of rotatable bonds is 9. The van der Waals surface area contributed by atoms with Crippen LogP contribution < -0.4 is 15.4 Å². The summed E-state index contributed by atoms with van der Waals surface area (Å²) >= 11 is 0. The quantitative estimate of drug-likeness (QED) is 0.674. The van der Waals surface area contributed by atoms with Gasteiger partial charge in [0.1, 0.15) is 5.75 Å². The van der Waals surface area contributed by atoms with Crippen molar-refractivity contribution in [1.29, 1.82) is 0 Å². The molecule has 0 aliphatic carbocycles. The third kappa shape index (κ3) is 6.12. The molecule has 0 aromatic heterocycles. The number of amides is 2. The largest absolute Gasteiger partial charge is 0.481 e. The van der Waals surface area contributed by atoms with Crippen LogP contribution in [0.4, 0.5) is 5.69 Å². The number of carbonyl (C=O) groups excluding carboxylic acids is 2. The Hall–Kier alpha value is -2.82. The minimum absolute atomic E-state index is 0.200. The lowest BCUT2D eigenvalue weighted by Gasteiger charge is -2.19. The van der Waals surface area contributed by atoms with Gasteiger partial charge in [-0.15, -0.1) is 0 Å². The second-order valence-electron chi connectivity index (χ2n) is 7.15. The Bertz CT molecular complexity index is 785. The number of benzene rings is 2. The molecule has 2 rings (SSSR count). The summed E-state index contributed by atoms with van der Waals surface area (Å²) in [6, 6.07) is 14.7. The van der Waals surface area contributed by atoms with Gasteiger partial charge in [-0.3, -0.25) is 9.59 Å². The maximum Gasteiger partial charge on any atom is 0.265 e. The molecule has 0 fully saturated rings. The van der Waals surface area contributed by atoms with Crippen LogP contribution in [0.15, 0.2) is 48.5 Å². The zero-order chi connectivity index (χ0) is 20.5. The van der Waals surface area contributed by atoms with Crippen LogP contribution in [0.1, 0.15) is 50.0 Å². The summed E-state index contributed by atoms with van der Waals surface area (Å²) in [6.45, 7) is 8.63. The van der Waals surface area contributed by atoms with Crippen molar-refractivity contribution in [3.05, 3.63) is 59.7 Å². The van der Waals surface area contributed by atoms with Crippen molar-refractivity contribution < 1.29 is 14.3 Å². The van der Waals surface area contributed by atoms with Crippen molar-refractivity contribution in [2.75, 3.05) is 11.9 Å². The molecule has 28 heavy (non-hydrogen) atoms.